The Bertz CT molecular complexity index is 598. The summed E-state index contributed by atoms with van der Waals surface area (Å²) in [5, 5.41) is 3.53. The highest BCUT2D eigenvalue weighted by Gasteiger charge is 2.12. The molecule has 0 aromatic heterocycles. The van der Waals surface area contributed by atoms with Gasteiger partial charge in [-0.2, -0.15) is 0 Å². The van der Waals surface area contributed by atoms with Gasteiger partial charge in [0.05, 0.1) is 0 Å². The first-order valence-electron chi connectivity index (χ1n) is 7.31. The number of benzene rings is 2. The van der Waals surface area contributed by atoms with Gasteiger partial charge in [-0.15, -0.1) is 0 Å². The Hall–Kier alpha value is -1.19. The first-order chi connectivity index (χ1) is 10.1. The Morgan fingerprint density at radius 3 is 2.62 bits per heavy atom. The van der Waals surface area contributed by atoms with Gasteiger partial charge in [-0.25, -0.2) is 4.39 Å². The number of hydrogen-bond donors (Lipinski definition) is 1. The molecule has 0 bridgehead atoms. The van der Waals surface area contributed by atoms with Gasteiger partial charge in [0, 0.05) is 10.5 Å². The van der Waals surface area contributed by atoms with Crippen molar-refractivity contribution in [2.24, 2.45) is 0 Å². The molecule has 2 rings (SSSR count). The van der Waals surface area contributed by atoms with Crippen LogP contribution in [-0.2, 0) is 12.8 Å². The van der Waals surface area contributed by atoms with Crippen molar-refractivity contribution in [1.82, 2.24) is 5.32 Å². The van der Waals surface area contributed by atoms with Crippen LogP contribution in [0.3, 0.4) is 0 Å². The fraction of sp³-hybridized carbons (Fsp3) is 0.333. The third-order valence-corrected chi connectivity index (χ3v) is 4.28. The molecule has 3 heteroatoms. The van der Waals surface area contributed by atoms with E-state index in [1.54, 1.807) is 0 Å². The number of halogens is 2. The van der Waals surface area contributed by atoms with Crippen molar-refractivity contribution in [2.45, 2.75) is 32.7 Å². The summed E-state index contributed by atoms with van der Waals surface area (Å²) in [4.78, 5) is 0. The molecule has 1 N–H and O–H groups in total. The molecule has 0 aliphatic carbocycles. The first-order valence-corrected chi connectivity index (χ1v) is 8.10. The summed E-state index contributed by atoms with van der Waals surface area (Å²) in [5.41, 5.74) is 3.75. The average Bonchev–Trinajstić information content (AvgIpc) is 2.42. The van der Waals surface area contributed by atoms with Gasteiger partial charge in [0.2, 0.25) is 0 Å². The highest BCUT2D eigenvalue weighted by Crippen LogP contribution is 2.20. The van der Waals surface area contributed by atoms with Crippen molar-refractivity contribution < 1.29 is 4.39 Å². The monoisotopic (exact) mass is 349 g/mol. The molecule has 0 saturated heterocycles. The molecule has 0 fully saturated rings. The minimum absolute atomic E-state index is 0.204. The van der Waals surface area contributed by atoms with Crippen molar-refractivity contribution in [3.05, 3.63) is 69.4 Å². The van der Waals surface area contributed by atoms with Crippen molar-refractivity contribution >= 4 is 15.9 Å². The molecule has 0 amide bonds. The van der Waals surface area contributed by atoms with Crippen LogP contribution in [0.2, 0.25) is 0 Å². The Labute approximate surface area is 134 Å². The summed E-state index contributed by atoms with van der Waals surface area (Å²) in [5.74, 6) is -0.204. The second kappa shape index (κ2) is 7.71. The smallest absolute Gasteiger partial charge is 0.124 e. The molecular weight excluding hydrogens is 329 g/mol. The second-order valence-electron chi connectivity index (χ2n) is 5.39. The van der Waals surface area contributed by atoms with Crippen LogP contribution < -0.4 is 5.32 Å². The van der Waals surface area contributed by atoms with Crippen LogP contribution in [0.5, 0.6) is 0 Å². The average molecular weight is 350 g/mol. The zero-order chi connectivity index (χ0) is 15.2. The molecule has 2 aromatic carbocycles. The molecule has 0 radical (unpaired) electrons. The molecule has 1 nitrogen and oxygen atoms in total. The summed E-state index contributed by atoms with van der Waals surface area (Å²) in [6.07, 6.45) is 1.85. The fourth-order valence-electron chi connectivity index (χ4n) is 2.58. The molecule has 2 aromatic rings. The highest BCUT2D eigenvalue weighted by molar-refractivity contribution is 9.10. The SMILES string of the molecule is CCNC(Cc1cccc(C)c1)Cc1ccc(F)cc1Br. The van der Waals surface area contributed by atoms with E-state index in [-0.39, 0.29) is 5.82 Å². The van der Waals surface area contributed by atoms with Crippen LogP contribution in [0.1, 0.15) is 23.6 Å². The maximum atomic E-state index is 13.2. The predicted molar refractivity (Wildman–Crippen MR) is 90.2 cm³/mol. The minimum atomic E-state index is -0.204. The van der Waals surface area contributed by atoms with Crippen LogP contribution in [0.25, 0.3) is 0 Å². The van der Waals surface area contributed by atoms with E-state index in [9.17, 15) is 4.39 Å². The molecule has 21 heavy (non-hydrogen) atoms. The summed E-state index contributed by atoms with van der Waals surface area (Å²) >= 11 is 3.46. The number of aryl methyl sites for hydroxylation is 1. The maximum Gasteiger partial charge on any atom is 0.124 e. The van der Waals surface area contributed by atoms with E-state index >= 15 is 0 Å². The number of hydrogen-bond acceptors (Lipinski definition) is 1. The van der Waals surface area contributed by atoms with Gasteiger partial charge in [-0.1, -0.05) is 58.7 Å². The fourth-order valence-corrected chi connectivity index (χ4v) is 3.09. The molecule has 0 spiro atoms. The Balaban J connectivity index is 2.11. The van der Waals surface area contributed by atoms with Gasteiger partial charge in [-0.05, 0) is 49.6 Å². The summed E-state index contributed by atoms with van der Waals surface area (Å²) in [6, 6.07) is 13.9. The lowest BCUT2D eigenvalue weighted by atomic mass is 9.98. The Morgan fingerprint density at radius 2 is 1.95 bits per heavy atom. The Kier molecular flexibility index (Phi) is 5.95. The van der Waals surface area contributed by atoms with Crippen LogP contribution in [-0.4, -0.2) is 12.6 Å². The first kappa shape index (κ1) is 16.2. The predicted octanol–water partition coefficient (Wildman–Crippen LogP) is 4.66. The van der Waals surface area contributed by atoms with Crippen molar-refractivity contribution in [2.75, 3.05) is 6.54 Å². The molecular formula is C18H21BrFN. The number of nitrogens with one attached hydrogen (secondary N) is 1. The van der Waals surface area contributed by atoms with Gasteiger partial charge in [0.1, 0.15) is 5.82 Å². The van der Waals surface area contributed by atoms with E-state index < -0.39 is 0 Å². The van der Waals surface area contributed by atoms with E-state index in [0.29, 0.717) is 6.04 Å². The summed E-state index contributed by atoms with van der Waals surface area (Å²) in [6.45, 7) is 5.15. The highest BCUT2D eigenvalue weighted by atomic mass is 79.9. The van der Waals surface area contributed by atoms with Crippen molar-refractivity contribution in [3.8, 4) is 0 Å². The Morgan fingerprint density at radius 1 is 1.14 bits per heavy atom. The topological polar surface area (TPSA) is 12.0 Å². The summed E-state index contributed by atoms with van der Waals surface area (Å²) in [7, 11) is 0. The second-order valence-corrected chi connectivity index (χ2v) is 6.24. The van der Waals surface area contributed by atoms with E-state index in [1.807, 2.05) is 6.07 Å². The van der Waals surface area contributed by atoms with Gasteiger partial charge in [0.15, 0.2) is 0 Å². The van der Waals surface area contributed by atoms with E-state index in [2.05, 4.69) is 59.4 Å². The van der Waals surface area contributed by atoms with E-state index in [1.165, 1.54) is 23.3 Å². The minimum Gasteiger partial charge on any atom is -0.314 e. The van der Waals surface area contributed by atoms with Gasteiger partial charge in [-0.3, -0.25) is 0 Å². The largest absolute Gasteiger partial charge is 0.314 e. The van der Waals surface area contributed by atoms with E-state index in [0.717, 1.165) is 29.4 Å². The molecule has 0 saturated carbocycles. The lowest BCUT2D eigenvalue weighted by Gasteiger charge is -2.19. The van der Waals surface area contributed by atoms with Crippen LogP contribution in [0.4, 0.5) is 4.39 Å². The van der Waals surface area contributed by atoms with Crippen LogP contribution in [0.15, 0.2) is 46.9 Å². The lowest BCUT2D eigenvalue weighted by molar-refractivity contribution is 0.520. The quantitative estimate of drug-likeness (QED) is 0.799. The van der Waals surface area contributed by atoms with Crippen LogP contribution in [0, 0.1) is 12.7 Å². The van der Waals surface area contributed by atoms with E-state index in [4.69, 9.17) is 0 Å². The molecule has 112 valence electrons. The molecule has 1 atom stereocenters. The van der Waals surface area contributed by atoms with Gasteiger partial charge >= 0.3 is 0 Å². The molecule has 0 aliphatic rings. The third-order valence-electron chi connectivity index (χ3n) is 3.54. The normalized spacial score (nSPS) is 12.4. The van der Waals surface area contributed by atoms with Crippen LogP contribution >= 0.6 is 15.9 Å². The third kappa shape index (κ3) is 4.94. The number of likely N-dealkylation sites (N-methyl/N-ethyl adjacent to an activating group) is 1. The molecule has 0 heterocycles. The van der Waals surface area contributed by atoms with Gasteiger partial charge in [0.25, 0.3) is 0 Å². The van der Waals surface area contributed by atoms with Crippen molar-refractivity contribution in [1.29, 1.82) is 0 Å². The zero-order valence-corrected chi connectivity index (χ0v) is 14.1. The standard InChI is InChI=1S/C18H21BrFN/c1-3-21-17(10-14-6-4-5-13(2)9-14)11-15-7-8-16(20)12-18(15)19/h4-9,12,17,21H,3,10-11H2,1-2H3. The maximum absolute atomic E-state index is 13.2. The number of rotatable bonds is 6. The summed E-state index contributed by atoms with van der Waals surface area (Å²) < 4.78 is 14.0. The van der Waals surface area contributed by atoms with Gasteiger partial charge < -0.3 is 5.32 Å². The van der Waals surface area contributed by atoms with Crippen molar-refractivity contribution in [3.63, 3.8) is 0 Å². The molecule has 1 unspecified atom stereocenters. The zero-order valence-electron chi connectivity index (χ0n) is 12.5. The lowest BCUT2D eigenvalue weighted by Crippen LogP contribution is -2.33. The molecule has 0 aliphatic heterocycles.